The molecule has 1 aliphatic carbocycles. The highest BCUT2D eigenvalue weighted by Gasteiger charge is 2.54. The Kier molecular flexibility index (Phi) is 3.62. The van der Waals surface area contributed by atoms with Crippen molar-refractivity contribution in [2.75, 3.05) is 5.32 Å². The number of aliphatic carboxylic acids is 1. The van der Waals surface area contributed by atoms with Crippen LogP contribution in [0.25, 0.3) is 0 Å². The van der Waals surface area contributed by atoms with Crippen molar-refractivity contribution in [3.05, 3.63) is 11.1 Å². The van der Waals surface area contributed by atoms with Crippen molar-refractivity contribution in [2.24, 2.45) is 16.7 Å². The number of hydrogen-bond donors (Lipinski definition) is 1. The summed E-state index contributed by atoms with van der Waals surface area (Å²) in [7, 11) is 0. The van der Waals surface area contributed by atoms with Crippen LogP contribution in [0.3, 0.4) is 0 Å². The summed E-state index contributed by atoms with van der Waals surface area (Å²) in [5.74, 6) is -1.59. The number of carbonyl (C=O) groups is 2. The van der Waals surface area contributed by atoms with E-state index in [9.17, 15) is 14.7 Å². The van der Waals surface area contributed by atoms with Gasteiger partial charge in [0.05, 0.1) is 5.69 Å². The molecule has 20 heavy (non-hydrogen) atoms. The standard InChI is InChI=1S/C14H20N2O3S/c1-8-7-20-12(15-8)16-10(17)9-5-6-14(4,11(18)19)13(9,2)3/h7,9H,5-6H2,1-4H3,(H,18,19)(H,15,16,17)/p-1/t9-,14+/m1/s1. The van der Waals surface area contributed by atoms with Crippen LogP contribution in [-0.2, 0) is 9.59 Å². The van der Waals surface area contributed by atoms with Gasteiger partial charge >= 0.3 is 0 Å². The maximum Gasteiger partial charge on any atom is 0.229 e. The van der Waals surface area contributed by atoms with E-state index in [1.54, 1.807) is 6.92 Å². The smallest absolute Gasteiger partial charge is 0.229 e. The number of amides is 1. The zero-order valence-electron chi connectivity index (χ0n) is 12.1. The molecule has 1 saturated carbocycles. The number of nitrogens with zero attached hydrogens (tertiary/aromatic N) is 1. The molecule has 6 heteroatoms. The third kappa shape index (κ3) is 2.22. The average Bonchev–Trinajstić information content (AvgIpc) is 2.83. The van der Waals surface area contributed by atoms with Crippen molar-refractivity contribution in [1.82, 2.24) is 4.98 Å². The maximum atomic E-state index is 12.4. The van der Waals surface area contributed by atoms with Crippen LogP contribution in [0.5, 0.6) is 0 Å². The fraction of sp³-hybridized carbons (Fsp3) is 0.643. The average molecular weight is 295 g/mol. The number of aromatic nitrogens is 1. The van der Waals surface area contributed by atoms with E-state index in [4.69, 9.17) is 0 Å². The number of hydrogen-bond acceptors (Lipinski definition) is 5. The summed E-state index contributed by atoms with van der Waals surface area (Å²) in [4.78, 5) is 28.0. The summed E-state index contributed by atoms with van der Waals surface area (Å²) in [5, 5.41) is 16.6. The first-order valence-electron chi connectivity index (χ1n) is 6.63. The molecule has 1 aromatic heterocycles. The SMILES string of the molecule is Cc1csc(NC(=O)[C@H]2CC[C@@](C)(C(=O)[O-])C2(C)C)n1. The first-order valence-corrected chi connectivity index (χ1v) is 7.51. The monoisotopic (exact) mass is 295 g/mol. The number of nitrogens with one attached hydrogen (secondary N) is 1. The summed E-state index contributed by atoms with van der Waals surface area (Å²) >= 11 is 1.37. The highest BCUT2D eigenvalue weighted by Crippen LogP contribution is 2.55. The molecule has 1 heterocycles. The molecule has 1 aliphatic rings. The van der Waals surface area contributed by atoms with E-state index >= 15 is 0 Å². The lowest BCUT2D eigenvalue weighted by molar-refractivity contribution is -0.323. The Hall–Kier alpha value is -1.43. The van der Waals surface area contributed by atoms with Gasteiger partial charge in [0.25, 0.3) is 0 Å². The van der Waals surface area contributed by atoms with Crippen molar-refractivity contribution in [1.29, 1.82) is 0 Å². The lowest BCUT2D eigenvalue weighted by Crippen LogP contribution is -2.49. The molecule has 0 unspecified atom stereocenters. The molecule has 5 nitrogen and oxygen atoms in total. The number of carbonyl (C=O) groups excluding carboxylic acids is 2. The summed E-state index contributed by atoms with van der Waals surface area (Å²) < 4.78 is 0. The molecular weight excluding hydrogens is 276 g/mol. The minimum Gasteiger partial charge on any atom is -0.550 e. The lowest BCUT2D eigenvalue weighted by Gasteiger charge is -2.41. The van der Waals surface area contributed by atoms with Gasteiger partial charge in [0, 0.05) is 22.7 Å². The first-order chi connectivity index (χ1) is 9.18. The van der Waals surface area contributed by atoms with E-state index < -0.39 is 16.8 Å². The summed E-state index contributed by atoms with van der Waals surface area (Å²) in [5.41, 5.74) is -0.772. The van der Waals surface area contributed by atoms with Crippen LogP contribution in [0.1, 0.15) is 39.3 Å². The maximum absolute atomic E-state index is 12.4. The van der Waals surface area contributed by atoms with Crippen LogP contribution in [0.2, 0.25) is 0 Å². The zero-order chi connectivity index (χ0) is 15.1. The predicted molar refractivity (Wildman–Crippen MR) is 75.1 cm³/mol. The van der Waals surface area contributed by atoms with Crippen molar-refractivity contribution < 1.29 is 14.7 Å². The van der Waals surface area contributed by atoms with Crippen LogP contribution in [0.4, 0.5) is 5.13 Å². The molecule has 1 fully saturated rings. The molecule has 2 rings (SSSR count). The molecule has 0 bridgehead atoms. The third-order valence-corrected chi connectivity index (χ3v) is 5.72. The molecular formula is C14H19N2O3S-. The Balaban J connectivity index is 2.18. The Bertz CT molecular complexity index is 552. The lowest BCUT2D eigenvalue weighted by atomic mass is 9.65. The van der Waals surface area contributed by atoms with Crippen molar-refractivity contribution in [2.45, 2.75) is 40.5 Å². The number of thiazole rings is 1. The van der Waals surface area contributed by atoms with Crippen LogP contribution in [0, 0.1) is 23.7 Å². The van der Waals surface area contributed by atoms with E-state index in [0.717, 1.165) is 5.69 Å². The molecule has 0 radical (unpaired) electrons. The Morgan fingerprint density at radius 2 is 2.10 bits per heavy atom. The topological polar surface area (TPSA) is 82.1 Å². The van der Waals surface area contributed by atoms with E-state index in [1.807, 2.05) is 26.2 Å². The van der Waals surface area contributed by atoms with E-state index in [2.05, 4.69) is 10.3 Å². The molecule has 1 amide bonds. The van der Waals surface area contributed by atoms with Gasteiger partial charge < -0.3 is 15.2 Å². The highest BCUT2D eigenvalue weighted by atomic mass is 32.1. The predicted octanol–water partition coefficient (Wildman–Crippen LogP) is 1.58. The normalized spacial score (nSPS) is 28.3. The van der Waals surface area contributed by atoms with Crippen molar-refractivity contribution >= 4 is 28.3 Å². The number of anilines is 1. The van der Waals surface area contributed by atoms with Gasteiger partial charge in [-0.1, -0.05) is 20.8 Å². The minimum atomic E-state index is -1.08. The van der Waals surface area contributed by atoms with Gasteiger partial charge in [-0.2, -0.15) is 0 Å². The number of aryl methyl sites for hydroxylation is 1. The molecule has 1 aromatic rings. The van der Waals surface area contributed by atoms with Gasteiger partial charge in [-0.05, 0) is 25.2 Å². The second kappa shape index (κ2) is 4.84. The first kappa shape index (κ1) is 15.0. The summed E-state index contributed by atoms with van der Waals surface area (Å²) in [6, 6.07) is 0. The fourth-order valence-corrected chi connectivity index (χ4v) is 3.62. The van der Waals surface area contributed by atoms with Gasteiger partial charge in [0.1, 0.15) is 0 Å². The Morgan fingerprint density at radius 3 is 2.55 bits per heavy atom. The molecule has 0 spiro atoms. The summed E-state index contributed by atoms with van der Waals surface area (Å²) in [6.45, 7) is 7.18. The molecule has 0 aliphatic heterocycles. The highest BCUT2D eigenvalue weighted by molar-refractivity contribution is 7.13. The molecule has 1 N–H and O–H groups in total. The fourth-order valence-electron chi connectivity index (χ4n) is 2.93. The summed E-state index contributed by atoms with van der Waals surface area (Å²) in [6.07, 6.45) is 1.00. The van der Waals surface area contributed by atoms with Crippen molar-refractivity contribution in [3.63, 3.8) is 0 Å². The molecule has 110 valence electrons. The molecule has 0 saturated heterocycles. The second-order valence-corrected chi connectivity index (χ2v) is 7.07. The number of rotatable bonds is 3. The number of carboxylic acid groups (broad SMARTS) is 1. The van der Waals surface area contributed by atoms with Crippen LogP contribution in [0.15, 0.2) is 5.38 Å². The quantitative estimate of drug-likeness (QED) is 0.918. The van der Waals surface area contributed by atoms with E-state index in [0.29, 0.717) is 18.0 Å². The van der Waals surface area contributed by atoms with Gasteiger partial charge in [-0.25, -0.2) is 4.98 Å². The van der Waals surface area contributed by atoms with Crippen LogP contribution >= 0.6 is 11.3 Å². The largest absolute Gasteiger partial charge is 0.550 e. The van der Waals surface area contributed by atoms with Gasteiger partial charge in [0.15, 0.2) is 5.13 Å². The van der Waals surface area contributed by atoms with Gasteiger partial charge in [0.2, 0.25) is 5.91 Å². The Labute approximate surface area is 122 Å². The second-order valence-electron chi connectivity index (χ2n) is 6.22. The number of carboxylic acids is 1. The zero-order valence-corrected chi connectivity index (χ0v) is 13.0. The molecule has 2 atom stereocenters. The third-order valence-electron chi connectivity index (χ3n) is 4.84. The van der Waals surface area contributed by atoms with E-state index in [-0.39, 0.29) is 11.8 Å². The van der Waals surface area contributed by atoms with Gasteiger partial charge in [-0.15, -0.1) is 11.3 Å². The van der Waals surface area contributed by atoms with Crippen LogP contribution < -0.4 is 10.4 Å². The van der Waals surface area contributed by atoms with Crippen LogP contribution in [-0.4, -0.2) is 16.9 Å². The minimum absolute atomic E-state index is 0.158. The van der Waals surface area contributed by atoms with E-state index in [1.165, 1.54) is 11.3 Å². The molecule has 0 aromatic carbocycles. The Morgan fingerprint density at radius 1 is 1.45 bits per heavy atom. The van der Waals surface area contributed by atoms with Gasteiger partial charge in [-0.3, -0.25) is 4.79 Å². The van der Waals surface area contributed by atoms with Crippen molar-refractivity contribution in [3.8, 4) is 0 Å².